The minimum absolute atomic E-state index is 0.0267. The maximum Gasteiger partial charge on any atom is 0.301 e. The molecular formula is C12H15BrClFN2O3S. The van der Waals surface area contributed by atoms with Crippen LogP contribution in [0.25, 0.3) is 0 Å². The zero-order chi connectivity index (χ0) is 15.6. The number of aliphatic hydroxyl groups is 1. The van der Waals surface area contributed by atoms with Crippen LogP contribution >= 0.6 is 27.5 Å². The zero-order valence-electron chi connectivity index (χ0n) is 11.0. The number of aliphatic hydroxyl groups excluding tert-OH is 1. The van der Waals surface area contributed by atoms with Gasteiger partial charge in [0.25, 0.3) is 0 Å². The Morgan fingerprint density at radius 1 is 1.52 bits per heavy atom. The molecular weight excluding hydrogens is 387 g/mol. The average molecular weight is 402 g/mol. The summed E-state index contributed by atoms with van der Waals surface area (Å²) in [5.74, 6) is -0.629. The third-order valence-corrected chi connectivity index (χ3v) is 5.71. The van der Waals surface area contributed by atoms with E-state index in [-0.39, 0.29) is 34.3 Å². The predicted octanol–water partition coefficient (Wildman–Crippen LogP) is 2.60. The van der Waals surface area contributed by atoms with Crippen molar-refractivity contribution in [2.45, 2.75) is 12.8 Å². The van der Waals surface area contributed by atoms with Gasteiger partial charge in [-0.2, -0.15) is 12.7 Å². The van der Waals surface area contributed by atoms with E-state index in [1.165, 1.54) is 4.31 Å². The molecule has 0 saturated carbocycles. The lowest BCUT2D eigenvalue weighted by molar-refractivity contribution is 0.166. The van der Waals surface area contributed by atoms with E-state index >= 15 is 0 Å². The molecule has 2 N–H and O–H groups in total. The van der Waals surface area contributed by atoms with Crippen molar-refractivity contribution in [1.29, 1.82) is 0 Å². The number of rotatable bonds is 4. The molecule has 1 aromatic carbocycles. The molecule has 1 fully saturated rings. The van der Waals surface area contributed by atoms with E-state index in [9.17, 15) is 17.9 Å². The number of anilines is 1. The molecule has 0 aromatic heterocycles. The summed E-state index contributed by atoms with van der Waals surface area (Å²) < 4.78 is 41.8. The molecule has 1 saturated heterocycles. The Balaban J connectivity index is 2.22. The molecule has 0 aliphatic carbocycles. The van der Waals surface area contributed by atoms with Gasteiger partial charge in [-0.15, -0.1) is 0 Å². The molecule has 0 bridgehead atoms. The van der Waals surface area contributed by atoms with Crippen LogP contribution in [0, 0.1) is 11.7 Å². The largest absolute Gasteiger partial charge is 0.396 e. The van der Waals surface area contributed by atoms with Crippen molar-refractivity contribution in [3.05, 3.63) is 27.4 Å². The van der Waals surface area contributed by atoms with E-state index in [4.69, 9.17) is 11.6 Å². The second-order valence-electron chi connectivity index (χ2n) is 4.90. The smallest absolute Gasteiger partial charge is 0.301 e. The molecule has 2 rings (SSSR count). The highest BCUT2D eigenvalue weighted by atomic mass is 79.9. The van der Waals surface area contributed by atoms with Gasteiger partial charge < -0.3 is 5.11 Å². The first-order valence-electron chi connectivity index (χ1n) is 6.37. The maximum absolute atomic E-state index is 13.2. The Bertz CT molecular complexity index is 606. The van der Waals surface area contributed by atoms with Gasteiger partial charge >= 0.3 is 10.2 Å². The Labute approximate surface area is 136 Å². The fourth-order valence-corrected chi connectivity index (χ4v) is 4.70. The highest BCUT2D eigenvalue weighted by Gasteiger charge is 2.29. The van der Waals surface area contributed by atoms with Crippen LogP contribution in [0.15, 0.2) is 16.6 Å². The number of hydrogen-bond donors (Lipinski definition) is 2. The lowest BCUT2D eigenvalue weighted by Crippen LogP contribution is -2.43. The van der Waals surface area contributed by atoms with Crippen molar-refractivity contribution in [2.24, 2.45) is 5.92 Å². The molecule has 0 spiro atoms. The number of piperidine rings is 1. The van der Waals surface area contributed by atoms with Gasteiger partial charge in [-0.3, -0.25) is 4.72 Å². The molecule has 9 heteroatoms. The van der Waals surface area contributed by atoms with Crippen molar-refractivity contribution >= 4 is 43.4 Å². The minimum atomic E-state index is -3.80. The summed E-state index contributed by atoms with van der Waals surface area (Å²) in [5.41, 5.74) is 0.101. The lowest BCUT2D eigenvalue weighted by Gasteiger charge is -2.31. The number of benzene rings is 1. The molecule has 1 aliphatic rings. The third kappa shape index (κ3) is 4.07. The summed E-state index contributed by atoms with van der Waals surface area (Å²) in [7, 11) is -3.80. The van der Waals surface area contributed by atoms with Gasteiger partial charge in [0.2, 0.25) is 0 Å². The second kappa shape index (κ2) is 6.78. The molecule has 0 radical (unpaired) electrons. The normalized spacial score (nSPS) is 20.5. The van der Waals surface area contributed by atoms with Crippen LogP contribution < -0.4 is 4.72 Å². The molecule has 0 amide bonds. The van der Waals surface area contributed by atoms with Gasteiger partial charge in [-0.05, 0) is 46.8 Å². The molecule has 118 valence electrons. The molecule has 1 aromatic rings. The van der Waals surface area contributed by atoms with Gasteiger partial charge in [-0.25, -0.2) is 4.39 Å². The van der Waals surface area contributed by atoms with Crippen molar-refractivity contribution in [2.75, 3.05) is 24.4 Å². The minimum Gasteiger partial charge on any atom is -0.396 e. The van der Waals surface area contributed by atoms with Crippen molar-refractivity contribution in [3.8, 4) is 0 Å². The van der Waals surface area contributed by atoms with Crippen molar-refractivity contribution in [3.63, 3.8) is 0 Å². The topological polar surface area (TPSA) is 69.6 Å². The summed E-state index contributed by atoms with van der Waals surface area (Å²) in [6.45, 7) is 0.581. The molecule has 5 nitrogen and oxygen atoms in total. The molecule has 1 unspecified atom stereocenters. The fraction of sp³-hybridized carbons (Fsp3) is 0.500. The second-order valence-corrected chi connectivity index (χ2v) is 7.83. The molecule has 1 heterocycles. The van der Waals surface area contributed by atoms with Crippen LogP contribution in [0.4, 0.5) is 10.1 Å². The van der Waals surface area contributed by atoms with Crippen LogP contribution in [0.1, 0.15) is 12.8 Å². The first-order valence-corrected chi connectivity index (χ1v) is 8.98. The lowest BCUT2D eigenvalue weighted by atomic mass is 10.0. The van der Waals surface area contributed by atoms with E-state index < -0.39 is 16.0 Å². The number of nitrogens with one attached hydrogen (secondary N) is 1. The average Bonchev–Trinajstić information content (AvgIpc) is 2.43. The maximum atomic E-state index is 13.2. The first-order chi connectivity index (χ1) is 9.83. The zero-order valence-corrected chi connectivity index (χ0v) is 14.2. The highest BCUT2D eigenvalue weighted by molar-refractivity contribution is 9.10. The van der Waals surface area contributed by atoms with Crippen molar-refractivity contribution in [1.82, 2.24) is 4.31 Å². The molecule has 21 heavy (non-hydrogen) atoms. The Hall–Kier alpha value is -0.410. The van der Waals surface area contributed by atoms with E-state index in [0.717, 1.165) is 18.6 Å². The first kappa shape index (κ1) is 17.0. The summed E-state index contributed by atoms with van der Waals surface area (Å²) in [5, 5.41) is 9.14. The summed E-state index contributed by atoms with van der Waals surface area (Å²) in [6, 6.07) is 2.17. The van der Waals surface area contributed by atoms with E-state index in [1.54, 1.807) is 0 Å². The predicted molar refractivity (Wildman–Crippen MR) is 83.0 cm³/mol. The van der Waals surface area contributed by atoms with E-state index in [2.05, 4.69) is 20.7 Å². The fourth-order valence-electron chi connectivity index (χ4n) is 2.23. The Morgan fingerprint density at radius 3 is 2.86 bits per heavy atom. The van der Waals surface area contributed by atoms with Gasteiger partial charge in [0.05, 0.1) is 10.7 Å². The third-order valence-electron chi connectivity index (χ3n) is 3.32. The SMILES string of the molecule is O=S(=O)(Nc1c(Cl)cc(F)cc1Br)N1CCCC(CO)C1. The van der Waals surface area contributed by atoms with Crippen LogP contribution in [0.3, 0.4) is 0 Å². The quantitative estimate of drug-likeness (QED) is 0.815. The number of hydrogen-bond acceptors (Lipinski definition) is 3. The molecule has 1 aliphatic heterocycles. The number of halogens is 3. The summed E-state index contributed by atoms with van der Waals surface area (Å²) in [4.78, 5) is 0. The Morgan fingerprint density at radius 2 is 2.24 bits per heavy atom. The summed E-state index contributed by atoms with van der Waals surface area (Å²) in [6.07, 6.45) is 1.48. The Kier molecular flexibility index (Phi) is 5.48. The standard InChI is InChI=1S/C12H15BrClFN2O3S/c13-10-4-9(15)5-11(14)12(10)16-21(19,20)17-3-1-2-8(6-17)7-18/h4-5,8,16,18H,1-3,6-7H2. The van der Waals surface area contributed by atoms with Crippen LogP contribution in [0.5, 0.6) is 0 Å². The van der Waals surface area contributed by atoms with Crippen LogP contribution in [-0.4, -0.2) is 37.5 Å². The highest BCUT2D eigenvalue weighted by Crippen LogP contribution is 2.33. The van der Waals surface area contributed by atoms with Crippen molar-refractivity contribution < 1.29 is 17.9 Å². The van der Waals surface area contributed by atoms with Gasteiger partial charge in [-0.1, -0.05) is 11.6 Å². The summed E-state index contributed by atoms with van der Waals surface area (Å²) >= 11 is 8.97. The monoisotopic (exact) mass is 400 g/mol. The van der Waals surface area contributed by atoms with E-state index in [1.807, 2.05) is 0 Å². The van der Waals surface area contributed by atoms with Crippen LogP contribution in [-0.2, 0) is 10.2 Å². The number of nitrogens with zero attached hydrogens (tertiary/aromatic N) is 1. The van der Waals surface area contributed by atoms with Crippen LogP contribution in [0.2, 0.25) is 5.02 Å². The molecule has 1 atom stereocenters. The van der Waals surface area contributed by atoms with Gasteiger partial charge in [0, 0.05) is 24.2 Å². The van der Waals surface area contributed by atoms with E-state index in [0.29, 0.717) is 13.0 Å². The van der Waals surface area contributed by atoms with Gasteiger partial charge in [0.15, 0.2) is 0 Å². The van der Waals surface area contributed by atoms with Gasteiger partial charge in [0.1, 0.15) is 5.82 Å².